The summed E-state index contributed by atoms with van der Waals surface area (Å²) in [6.45, 7) is 8.16. The van der Waals surface area contributed by atoms with Crippen LogP contribution >= 0.6 is 0 Å². The molecule has 1 aliphatic heterocycles. The molecule has 1 atom stereocenters. The fraction of sp³-hybridized carbons (Fsp3) is 0.933. The number of nitrogens with zero attached hydrogens (tertiary/aromatic N) is 1. The van der Waals surface area contributed by atoms with Gasteiger partial charge in [-0.25, -0.2) is 0 Å². The van der Waals surface area contributed by atoms with E-state index in [1.54, 1.807) is 0 Å². The van der Waals surface area contributed by atoms with Gasteiger partial charge in [0.25, 0.3) is 0 Å². The van der Waals surface area contributed by atoms with E-state index in [2.05, 4.69) is 17.1 Å². The second-order valence-electron chi connectivity index (χ2n) is 5.57. The highest BCUT2D eigenvalue weighted by Crippen LogP contribution is 2.16. The van der Waals surface area contributed by atoms with E-state index in [0.29, 0.717) is 12.3 Å². The molecule has 1 aliphatic rings. The zero-order chi connectivity index (χ0) is 14.6. The summed E-state index contributed by atoms with van der Waals surface area (Å²) in [7, 11) is 0. The largest absolute Gasteiger partial charge is 0.379 e. The molecule has 0 aromatic rings. The Morgan fingerprint density at radius 3 is 2.70 bits per heavy atom. The molecule has 0 spiro atoms. The number of amides is 1. The predicted molar refractivity (Wildman–Crippen MR) is 81.6 cm³/mol. The maximum atomic E-state index is 11.8. The maximum Gasteiger partial charge on any atom is 0.220 e. The van der Waals surface area contributed by atoms with Gasteiger partial charge in [-0.15, -0.1) is 0 Å². The molecule has 1 fully saturated rings. The molecule has 1 amide bonds. The van der Waals surface area contributed by atoms with Gasteiger partial charge in [-0.2, -0.15) is 0 Å². The molecular weight excluding hydrogens is 254 g/mol. The van der Waals surface area contributed by atoms with Crippen molar-refractivity contribution in [3.8, 4) is 0 Å². The molecule has 0 aliphatic carbocycles. The number of carbonyl (C=O) groups is 1. The summed E-state index contributed by atoms with van der Waals surface area (Å²) in [4.78, 5) is 14.1. The average molecular weight is 285 g/mol. The third-order valence-electron chi connectivity index (χ3n) is 3.91. The van der Waals surface area contributed by atoms with Crippen LogP contribution in [-0.2, 0) is 9.53 Å². The number of rotatable bonds is 10. The molecule has 20 heavy (non-hydrogen) atoms. The first-order valence-corrected chi connectivity index (χ1v) is 8.03. The van der Waals surface area contributed by atoms with Crippen LogP contribution in [0.15, 0.2) is 0 Å². The van der Waals surface area contributed by atoms with Crippen LogP contribution in [0.5, 0.6) is 0 Å². The standard InChI is InChI=1S/C15H31N3O2/c1-2-3-14(6-7-16)4-5-15(19)17-8-9-18-10-12-20-13-11-18/h14H,2-13,16H2,1H3,(H,17,19). The Hall–Kier alpha value is -0.650. The van der Waals surface area contributed by atoms with Gasteiger partial charge >= 0.3 is 0 Å². The van der Waals surface area contributed by atoms with E-state index in [-0.39, 0.29) is 5.91 Å². The van der Waals surface area contributed by atoms with E-state index >= 15 is 0 Å². The second-order valence-corrected chi connectivity index (χ2v) is 5.57. The summed E-state index contributed by atoms with van der Waals surface area (Å²) in [6, 6.07) is 0. The van der Waals surface area contributed by atoms with Crippen molar-refractivity contribution in [1.29, 1.82) is 0 Å². The summed E-state index contributed by atoms with van der Waals surface area (Å²) in [5.41, 5.74) is 5.61. The quantitative estimate of drug-likeness (QED) is 0.628. The van der Waals surface area contributed by atoms with Crippen LogP contribution in [0.1, 0.15) is 39.0 Å². The lowest BCUT2D eigenvalue weighted by atomic mass is 9.94. The highest BCUT2D eigenvalue weighted by Gasteiger charge is 2.12. The van der Waals surface area contributed by atoms with Crippen molar-refractivity contribution < 1.29 is 9.53 Å². The highest BCUT2D eigenvalue weighted by atomic mass is 16.5. The molecule has 0 aromatic carbocycles. The van der Waals surface area contributed by atoms with Crippen molar-refractivity contribution >= 4 is 5.91 Å². The van der Waals surface area contributed by atoms with Gasteiger partial charge in [-0.3, -0.25) is 9.69 Å². The third-order valence-corrected chi connectivity index (χ3v) is 3.91. The zero-order valence-electron chi connectivity index (χ0n) is 12.9. The van der Waals surface area contributed by atoms with Gasteiger partial charge in [-0.1, -0.05) is 19.8 Å². The summed E-state index contributed by atoms with van der Waals surface area (Å²) < 4.78 is 5.30. The monoisotopic (exact) mass is 285 g/mol. The minimum atomic E-state index is 0.177. The third kappa shape index (κ3) is 7.82. The number of nitrogens with one attached hydrogen (secondary N) is 1. The summed E-state index contributed by atoms with van der Waals surface area (Å²) in [6.07, 6.45) is 4.98. The van der Waals surface area contributed by atoms with Gasteiger partial charge < -0.3 is 15.8 Å². The Morgan fingerprint density at radius 2 is 2.05 bits per heavy atom. The van der Waals surface area contributed by atoms with E-state index < -0.39 is 0 Å². The number of carbonyl (C=O) groups excluding carboxylic acids is 1. The minimum absolute atomic E-state index is 0.177. The first-order valence-electron chi connectivity index (χ1n) is 8.03. The molecule has 118 valence electrons. The van der Waals surface area contributed by atoms with Crippen molar-refractivity contribution in [1.82, 2.24) is 10.2 Å². The van der Waals surface area contributed by atoms with E-state index in [4.69, 9.17) is 10.5 Å². The van der Waals surface area contributed by atoms with E-state index in [9.17, 15) is 4.79 Å². The van der Waals surface area contributed by atoms with Crippen molar-refractivity contribution in [3.05, 3.63) is 0 Å². The molecule has 0 radical (unpaired) electrons. The summed E-state index contributed by atoms with van der Waals surface area (Å²) in [5, 5.41) is 3.02. The number of nitrogens with two attached hydrogens (primary N) is 1. The Labute approximate surface area is 123 Å². The van der Waals surface area contributed by atoms with Crippen molar-refractivity contribution in [2.24, 2.45) is 11.7 Å². The van der Waals surface area contributed by atoms with Crippen molar-refractivity contribution in [3.63, 3.8) is 0 Å². The van der Waals surface area contributed by atoms with Crippen LogP contribution in [0.25, 0.3) is 0 Å². The average Bonchev–Trinajstić information content (AvgIpc) is 2.46. The molecular formula is C15H31N3O2. The van der Waals surface area contributed by atoms with Crippen LogP contribution < -0.4 is 11.1 Å². The normalized spacial score (nSPS) is 17.9. The molecule has 0 bridgehead atoms. The molecule has 5 heteroatoms. The minimum Gasteiger partial charge on any atom is -0.379 e. The maximum absolute atomic E-state index is 11.8. The van der Waals surface area contributed by atoms with E-state index in [1.165, 1.54) is 12.8 Å². The first-order chi connectivity index (χ1) is 9.76. The van der Waals surface area contributed by atoms with Gasteiger partial charge in [0.1, 0.15) is 0 Å². The summed E-state index contributed by atoms with van der Waals surface area (Å²) >= 11 is 0. The molecule has 0 aromatic heterocycles. The van der Waals surface area contributed by atoms with Crippen molar-refractivity contribution in [2.75, 3.05) is 45.9 Å². The Kier molecular flexibility index (Phi) is 9.62. The lowest BCUT2D eigenvalue weighted by Gasteiger charge is -2.26. The molecule has 1 unspecified atom stereocenters. The van der Waals surface area contributed by atoms with Gasteiger partial charge in [0.05, 0.1) is 13.2 Å². The lowest BCUT2D eigenvalue weighted by Crippen LogP contribution is -2.41. The number of morpholine rings is 1. The second kappa shape index (κ2) is 11.1. The number of ether oxygens (including phenoxy) is 1. The smallest absolute Gasteiger partial charge is 0.220 e. The molecule has 3 N–H and O–H groups in total. The van der Waals surface area contributed by atoms with E-state index in [1.807, 2.05) is 0 Å². The van der Waals surface area contributed by atoms with Gasteiger partial charge in [0, 0.05) is 32.6 Å². The first kappa shape index (κ1) is 17.4. The molecule has 0 saturated carbocycles. The van der Waals surface area contributed by atoms with Crippen LogP contribution in [0.3, 0.4) is 0 Å². The Bertz CT molecular complexity index is 250. The summed E-state index contributed by atoms with van der Waals surface area (Å²) in [5.74, 6) is 0.784. The van der Waals surface area contributed by atoms with Crippen LogP contribution in [-0.4, -0.2) is 56.7 Å². The Morgan fingerprint density at radius 1 is 1.30 bits per heavy atom. The fourth-order valence-corrected chi connectivity index (χ4v) is 2.68. The number of hydrogen-bond acceptors (Lipinski definition) is 4. The van der Waals surface area contributed by atoms with Crippen molar-refractivity contribution in [2.45, 2.75) is 39.0 Å². The van der Waals surface area contributed by atoms with Crippen LogP contribution in [0.2, 0.25) is 0 Å². The Balaban J connectivity index is 2.06. The molecule has 1 heterocycles. The fourth-order valence-electron chi connectivity index (χ4n) is 2.68. The van der Waals surface area contributed by atoms with Gasteiger partial charge in [0.2, 0.25) is 5.91 Å². The van der Waals surface area contributed by atoms with Gasteiger partial charge in [-0.05, 0) is 25.3 Å². The molecule has 1 rings (SSSR count). The lowest BCUT2D eigenvalue weighted by molar-refractivity contribution is -0.121. The topological polar surface area (TPSA) is 67.6 Å². The molecule has 5 nitrogen and oxygen atoms in total. The van der Waals surface area contributed by atoms with Crippen LogP contribution in [0.4, 0.5) is 0 Å². The SMILES string of the molecule is CCCC(CCN)CCC(=O)NCCN1CCOCC1. The van der Waals surface area contributed by atoms with E-state index in [0.717, 1.165) is 58.8 Å². The highest BCUT2D eigenvalue weighted by molar-refractivity contribution is 5.75. The van der Waals surface area contributed by atoms with Gasteiger partial charge in [0.15, 0.2) is 0 Å². The van der Waals surface area contributed by atoms with Crippen LogP contribution in [0, 0.1) is 5.92 Å². The zero-order valence-corrected chi connectivity index (χ0v) is 12.9. The molecule has 1 saturated heterocycles. The number of hydrogen-bond donors (Lipinski definition) is 2. The predicted octanol–water partition coefficient (Wildman–Crippen LogP) is 0.980.